The lowest BCUT2D eigenvalue weighted by Gasteiger charge is -2.35. The molecule has 1 saturated carbocycles. The molecule has 0 N–H and O–H groups in total. The van der Waals surface area contributed by atoms with E-state index in [9.17, 15) is 9.59 Å². The number of amides is 1. The Morgan fingerprint density at radius 1 is 1.16 bits per heavy atom. The third-order valence-electron chi connectivity index (χ3n) is 6.41. The fourth-order valence-corrected chi connectivity index (χ4v) is 4.78. The van der Waals surface area contributed by atoms with Gasteiger partial charge in [0.15, 0.2) is 0 Å². The van der Waals surface area contributed by atoms with Crippen LogP contribution in [0.2, 0.25) is 0 Å². The molecule has 1 aliphatic carbocycles. The van der Waals surface area contributed by atoms with Crippen LogP contribution >= 0.6 is 0 Å². The second-order valence-electron chi connectivity index (χ2n) is 8.34. The van der Waals surface area contributed by atoms with Gasteiger partial charge in [-0.1, -0.05) is 38.3 Å². The van der Waals surface area contributed by atoms with Crippen molar-refractivity contribution >= 4 is 16.8 Å². The highest BCUT2D eigenvalue weighted by Gasteiger charge is 2.33. The van der Waals surface area contributed by atoms with Crippen molar-refractivity contribution in [3.8, 4) is 0 Å². The minimum absolute atomic E-state index is 0.0278. The minimum Gasteiger partial charge on any atom is -0.467 e. The molecule has 0 radical (unpaired) electrons. The van der Waals surface area contributed by atoms with Crippen molar-refractivity contribution in [1.29, 1.82) is 0 Å². The molecule has 1 aromatic carbocycles. The Kier molecular flexibility index (Phi) is 6.54. The first-order chi connectivity index (χ1) is 15.1. The van der Waals surface area contributed by atoms with Gasteiger partial charge in [0.05, 0.1) is 29.8 Å². The van der Waals surface area contributed by atoms with Crippen LogP contribution in [-0.4, -0.2) is 20.4 Å². The molecule has 0 spiro atoms. The molecule has 6 nitrogen and oxygen atoms in total. The molecule has 1 amide bonds. The Morgan fingerprint density at radius 3 is 2.61 bits per heavy atom. The molecule has 0 saturated heterocycles. The van der Waals surface area contributed by atoms with Gasteiger partial charge in [0, 0.05) is 12.5 Å². The van der Waals surface area contributed by atoms with Gasteiger partial charge in [0.2, 0.25) is 5.91 Å². The van der Waals surface area contributed by atoms with E-state index >= 15 is 0 Å². The number of nitrogens with zero attached hydrogens (tertiary/aromatic N) is 3. The molecule has 6 heteroatoms. The van der Waals surface area contributed by atoms with Crippen LogP contribution in [0.5, 0.6) is 0 Å². The fourth-order valence-electron chi connectivity index (χ4n) is 4.78. The summed E-state index contributed by atoms with van der Waals surface area (Å²) in [5.41, 5.74) is 0.623. The standard InChI is InChI=1S/C25H31N3O3/c1-3-22(23-26-21-15-9-8-14-20(21)25(30)27(23)4-2)28(17-19-13-10-16-31-19)24(29)18-11-6-5-7-12-18/h8-10,13-16,18,22H,3-7,11-12,17H2,1-2H3/t22-/m0/s1. The van der Waals surface area contributed by atoms with E-state index in [1.807, 2.05) is 48.2 Å². The van der Waals surface area contributed by atoms with E-state index in [1.54, 1.807) is 10.8 Å². The maximum atomic E-state index is 13.7. The van der Waals surface area contributed by atoms with E-state index < -0.39 is 0 Å². The van der Waals surface area contributed by atoms with E-state index in [4.69, 9.17) is 9.40 Å². The smallest absolute Gasteiger partial charge is 0.261 e. The van der Waals surface area contributed by atoms with Gasteiger partial charge in [-0.2, -0.15) is 0 Å². The van der Waals surface area contributed by atoms with Gasteiger partial charge in [-0.05, 0) is 50.5 Å². The van der Waals surface area contributed by atoms with Crippen molar-refractivity contribution in [1.82, 2.24) is 14.5 Å². The summed E-state index contributed by atoms with van der Waals surface area (Å²) in [7, 11) is 0. The highest BCUT2D eigenvalue weighted by molar-refractivity contribution is 5.80. The van der Waals surface area contributed by atoms with E-state index in [1.165, 1.54) is 6.42 Å². The third-order valence-corrected chi connectivity index (χ3v) is 6.41. The molecule has 3 aromatic rings. The predicted molar refractivity (Wildman–Crippen MR) is 121 cm³/mol. The number of hydrogen-bond donors (Lipinski definition) is 0. The van der Waals surface area contributed by atoms with Crippen molar-refractivity contribution < 1.29 is 9.21 Å². The first-order valence-corrected chi connectivity index (χ1v) is 11.5. The average molecular weight is 422 g/mol. The third kappa shape index (κ3) is 4.29. The zero-order valence-corrected chi connectivity index (χ0v) is 18.4. The molecule has 0 unspecified atom stereocenters. The lowest BCUT2D eigenvalue weighted by molar-refractivity contribution is -0.140. The lowest BCUT2D eigenvalue weighted by Crippen LogP contribution is -2.41. The first-order valence-electron chi connectivity index (χ1n) is 11.5. The van der Waals surface area contributed by atoms with Crippen molar-refractivity contribution in [2.75, 3.05) is 0 Å². The van der Waals surface area contributed by atoms with Crippen LogP contribution in [0.25, 0.3) is 10.9 Å². The van der Waals surface area contributed by atoms with E-state index in [-0.39, 0.29) is 23.4 Å². The van der Waals surface area contributed by atoms with E-state index in [0.29, 0.717) is 36.2 Å². The molecule has 164 valence electrons. The summed E-state index contributed by atoms with van der Waals surface area (Å²) in [4.78, 5) is 33.7. The summed E-state index contributed by atoms with van der Waals surface area (Å²) in [5, 5.41) is 0.610. The Hall–Kier alpha value is -2.89. The van der Waals surface area contributed by atoms with Gasteiger partial charge in [-0.3, -0.25) is 14.2 Å². The Bertz CT molecular complexity index is 1080. The van der Waals surface area contributed by atoms with Crippen LogP contribution in [0, 0.1) is 5.92 Å². The molecule has 1 atom stereocenters. The summed E-state index contributed by atoms with van der Waals surface area (Å²) in [6.45, 7) is 4.89. The number of rotatable bonds is 7. The number of para-hydroxylation sites is 1. The van der Waals surface area contributed by atoms with E-state index in [0.717, 1.165) is 31.4 Å². The van der Waals surface area contributed by atoms with Crippen molar-refractivity contribution in [3.63, 3.8) is 0 Å². The molecule has 0 aliphatic heterocycles. The summed E-state index contributed by atoms with van der Waals surface area (Å²) < 4.78 is 7.32. The molecular formula is C25H31N3O3. The number of carbonyl (C=O) groups is 1. The zero-order chi connectivity index (χ0) is 21.8. The molecule has 2 heterocycles. The average Bonchev–Trinajstić information content (AvgIpc) is 3.32. The highest BCUT2D eigenvalue weighted by Crippen LogP contribution is 2.32. The summed E-state index contributed by atoms with van der Waals surface area (Å²) in [5.74, 6) is 1.58. The summed E-state index contributed by atoms with van der Waals surface area (Å²) >= 11 is 0. The van der Waals surface area contributed by atoms with Crippen LogP contribution in [-0.2, 0) is 17.9 Å². The first kappa shape index (κ1) is 21.3. The molecule has 2 aromatic heterocycles. The maximum Gasteiger partial charge on any atom is 0.261 e. The van der Waals surface area contributed by atoms with Gasteiger partial charge in [-0.25, -0.2) is 4.98 Å². The maximum absolute atomic E-state index is 13.7. The normalized spacial score (nSPS) is 15.8. The largest absolute Gasteiger partial charge is 0.467 e. The van der Waals surface area contributed by atoms with Crippen LogP contribution in [0.15, 0.2) is 51.9 Å². The SMILES string of the molecule is CC[C@@H](c1nc2ccccc2c(=O)n1CC)N(Cc1ccco1)C(=O)C1CCCCC1. The van der Waals surface area contributed by atoms with Crippen LogP contribution in [0.4, 0.5) is 0 Å². The Morgan fingerprint density at radius 2 is 1.94 bits per heavy atom. The highest BCUT2D eigenvalue weighted by atomic mass is 16.3. The lowest BCUT2D eigenvalue weighted by atomic mass is 9.87. The summed E-state index contributed by atoms with van der Waals surface area (Å²) in [6, 6.07) is 10.9. The Labute approximate surface area is 182 Å². The second kappa shape index (κ2) is 9.50. The van der Waals surface area contributed by atoms with Crippen LogP contribution in [0.3, 0.4) is 0 Å². The predicted octanol–water partition coefficient (Wildman–Crippen LogP) is 5.07. The number of fused-ring (bicyclic) bond motifs is 1. The molecule has 0 bridgehead atoms. The molecule has 1 aliphatic rings. The molecular weight excluding hydrogens is 390 g/mol. The van der Waals surface area contributed by atoms with Crippen molar-refractivity contribution in [2.45, 2.75) is 71.5 Å². The van der Waals surface area contributed by atoms with Gasteiger partial charge >= 0.3 is 0 Å². The minimum atomic E-state index is -0.295. The van der Waals surface area contributed by atoms with Gasteiger partial charge in [-0.15, -0.1) is 0 Å². The number of furan rings is 1. The summed E-state index contributed by atoms with van der Waals surface area (Å²) in [6.07, 6.45) is 7.54. The van der Waals surface area contributed by atoms with Gasteiger partial charge in [0.25, 0.3) is 5.56 Å². The van der Waals surface area contributed by atoms with Crippen molar-refractivity contribution in [3.05, 3.63) is 64.6 Å². The number of aromatic nitrogens is 2. The van der Waals surface area contributed by atoms with Crippen LogP contribution in [0.1, 0.15) is 70.0 Å². The van der Waals surface area contributed by atoms with Gasteiger partial charge in [0.1, 0.15) is 11.6 Å². The van der Waals surface area contributed by atoms with Crippen LogP contribution < -0.4 is 5.56 Å². The molecule has 4 rings (SSSR count). The quantitative estimate of drug-likeness (QED) is 0.534. The molecule has 1 fully saturated rings. The number of hydrogen-bond acceptors (Lipinski definition) is 4. The fraction of sp³-hybridized carbons (Fsp3) is 0.480. The molecule has 31 heavy (non-hydrogen) atoms. The number of carbonyl (C=O) groups excluding carboxylic acids is 1. The van der Waals surface area contributed by atoms with Crippen molar-refractivity contribution in [2.24, 2.45) is 5.92 Å². The van der Waals surface area contributed by atoms with Gasteiger partial charge < -0.3 is 9.32 Å². The Balaban J connectivity index is 1.80. The monoisotopic (exact) mass is 421 g/mol. The number of benzene rings is 1. The van der Waals surface area contributed by atoms with E-state index in [2.05, 4.69) is 6.92 Å². The second-order valence-corrected chi connectivity index (χ2v) is 8.34. The topological polar surface area (TPSA) is 68.3 Å². The zero-order valence-electron chi connectivity index (χ0n) is 18.4.